The van der Waals surface area contributed by atoms with Crippen molar-refractivity contribution in [3.63, 3.8) is 0 Å². The number of rotatable bonds is 8. The van der Waals surface area contributed by atoms with E-state index in [2.05, 4.69) is 22.5 Å². The SMILES string of the molecule is C=CCN1C(=O)C(=Cc2cc(C)ccc2OCCOc2ccc(Br)cc2)SC1=S. The van der Waals surface area contributed by atoms with E-state index in [9.17, 15) is 4.79 Å². The molecule has 0 radical (unpaired) electrons. The zero-order valence-electron chi connectivity index (χ0n) is 15.9. The Morgan fingerprint density at radius 3 is 2.62 bits per heavy atom. The fourth-order valence-electron chi connectivity index (χ4n) is 2.68. The summed E-state index contributed by atoms with van der Waals surface area (Å²) < 4.78 is 13.2. The quantitative estimate of drug-likeness (QED) is 0.208. The highest BCUT2D eigenvalue weighted by Gasteiger charge is 2.31. The van der Waals surface area contributed by atoms with Gasteiger partial charge in [-0.1, -0.05) is 57.6 Å². The van der Waals surface area contributed by atoms with Crippen molar-refractivity contribution >= 4 is 56.2 Å². The lowest BCUT2D eigenvalue weighted by molar-refractivity contribution is -0.121. The molecular formula is C22H20BrNO3S2. The summed E-state index contributed by atoms with van der Waals surface area (Å²) in [5.41, 5.74) is 1.92. The lowest BCUT2D eigenvalue weighted by Crippen LogP contribution is -2.27. The standard InChI is InChI=1S/C22H20BrNO3S2/c1-3-10-24-21(25)20(29-22(24)28)14-16-13-15(2)4-9-19(16)27-12-11-26-18-7-5-17(23)6-8-18/h3-9,13-14H,1,10-12H2,2H3. The number of halogens is 1. The van der Waals surface area contributed by atoms with Crippen LogP contribution in [-0.2, 0) is 4.79 Å². The first-order valence-electron chi connectivity index (χ1n) is 8.96. The summed E-state index contributed by atoms with van der Waals surface area (Å²) in [6, 6.07) is 13.5. The van der Waals surface area contributed by atoms with E-state index in [4.69, 9.17) is 21.7 Å². The Balaban J connectivity index is 1.68. The third-order valence-corrected chi connectivity index (χ3v) is 5.97. The molecule has 150 valence electrons. The van der Waals surface area contributed by atoms with Crippen molar-refractivity contribution in [2.24, 2.45) is 0 Å². The molecule has 2 aromatic carbocycles. The number of hydrogen-bond acceptors (Lipinski definition) is 5. The van der Waals surface area contributed by atoms with Crippen molar-refractivity contribution in [3.8, 4) is 11.5 Å². The smallest absolute Gasteiger partial charge is 0.266 e. The maximum atomic E-state index is 12.6. The minimum atomic E-state index is -0.106. The predicted octanol–water partition coefficient (Wildman–Crippen LogP) is 5.60. The summed E-state index contributed by atoms with van der Waals surface area (Å²) in [5, 5.41) is 0. The number of carbonyl (C=O) groups is 1. The summed E-state index contributed by atoms with van der Waals surface area (Å²) in [6.45, 7) is 6.89. The van der Waals surface area contributed by atoms with Gasteiger partial charge in [0.2, 0.25) is 0 Å². The predicted molar refractivity (Wildman–Crippen MR) is 126 cm³/mol. The molecule has 0 N–H and O–H groups in total. The second-order valence-corrected chi connectivity index (χ2v) is 8.86. The highest BCUT2D eigenvalue weighted by molar-refractivity contribution is 9.10. The van der Waals surface area contributed by atoms with E-state index in [0.29, 0.717) is 34.7 Å². The van der Waals surface area contributed by atoms with Crippen LogP contribution in [0, 0.1) is 6.92 Å². The molecule has 1 saturated heterocycles. The van der Waals surface area contributed by atoms with Crippen LogP contribution in [0.25, 0.3) is 6.08 Å². The molecule has 2 aromatic rings. The molecule has 0 aromatic heterocycles. The molecule has 29 heavy (non-hydrogen) atoms. The summed E-state index contributed by atoms with van der Waals surface area (Å²) in [6.07, 6.45) is 3.50. The molecule has 7 heteroatoms. The first-order chi connectivity index (χ1) is 14.0. The minimum Gasteiger partial charge on any atom is -0.490 e. The van der Waals surface area contributed by atoms with Gasteiger partial charge in [0, 0.05) is 16.6 Å². The molecule has 4 nitrogen and oxygen atoms in total. The van der Waals surface area contributed by atoms with Gasteiger partial charge in [-0.3, -0.25) is 9.69 Å². The second kappa shape index (κ2) is 10.1. The monoisotopic (exact) mass is 489 g/mol. The lowest BCUT2D eigenvalue weighted by atomic mass is 10.1. The highest BCUT2D eigenvalue weighted by atomic mass is 79.9. The lowest BCUT2D eigenvalue weighted by Gasteiger charge is -2.12. The highest BCUT2D eigenvalue weighted by Crippen LogP contribution is 2.34. The van der Waals surface area contributed by atoms with E-state index in [-0.39, 0.29) is 5.91 Å². The van der Waals surface area contributed by atoms with Crippen molar-refractivity contribution in [2.75, 3.05) is 19.8 Å². The van der Waals surface area contributed by atoms with Crippen LogP contribution in [0.2, 0.25) is 0 Å². The molecule has 0 bridgehead atoms. The fraction of sp³-hybridized carbons (Fsp3) is 0.182. The van der Waals surface area contributed by atoms with Gasteiger partial charge in [-0.2, -0.15) is 0 Å². The molecule has 3 rings (SSSR count). The molecule has 1 amide bonds. The molecule has 1 heterocycles. The molecule has 0 unspecified atom stereocenters. The molecule has 1 fully saturated rings. The zero-order chi connectivity index (χ0) is 20.8. The van der Waals surface area contributed by atoms with Gasteiger partial charge in [0.05, 0.1) is 4.91 Å². The Kier molecular flexibility index (Phi) is 7.52. The molecule has 0 aliphatic carbocycles. The molecule has 0 atom stereocenters. The van der Waals surface area contributed by atoms with Gasteiger partial charge >= 0.3 is 0 Å². The number of amides is 1. The van der Waals surface area contributed by atoms with Gasteiger partial charge in [0.15, 0.2) is 0 Å². The first kappa shape index (κ1) is 21.6. The molecular weight excluding hydrogens is 470 g/mol. The summed E-state index contributed by atoms with van der Waals surface area (Å²) in [4.78, 5) is 14.7. The first-order valence-corrected chi connectivity index (χ1v) is 11.0. The van der Waals surface area contributed by atoms with Gasteiger partial charge < -0.3 is 9.47 Å². The maximum Gasteiger partial charge on any atom is 0.266 e. The van der Waals surface area contributed by atoms with Crippen LogP contribution in [-0.4, -0.2) is 34.9 Å². The Labute approximate surface area is 188 Å². The molecule has 0 spiro atoms. The number of ether oxygens (including phenoxy) is 2. The van der Waals surface area contributed by atoms with Gasteiger partial charge in [-0.25, -0.2) is 0 Å². The number of thiocarbonyl (C=S) groups is 1. The Morgan fingerprint density at radius 2 is 1.90 bits per heavy atom. The number of hydrogen-bond donors (Lipinski definition) is 0. The normalized spacial score (nSPS) is 15.1. The maximum absolute atomic E-state index is 12.6. The number of thioether (sulfide) groups is 1. The molecule has 1 aliphatic rings. The van der Waals surface area contributed by atoms with Gasteiger partial charge in [0.1, 0.15) is 29.0 Å². The van der Waals surface area contributed by atoms with Crippen molar-refractivity contribution in [3.05, 3.63) is 75.6 Å². The van der Waals surface area contributed by atoms with Crippen molar-refractivity contribution in [1.82, 2.24) is 4.90 Å². The van der Waals surface area contributed by atoms with Crippen LogP contribution in [0.3, 0.4) is 0 Å². The third kappa shape index (κ3) is 5.72. The zero-order valence-corrected chi connectivity index (χ0v) is 19.1. The summed E-state index contributed by atoms with van der Waals surface area (Å²) in [7, 11) is 0. The summed E-state index contributed by atoms with van der Waals surface area (Å²) in [5.74, 6) is 1.38. The molecule has 0 saturated carbocycles. The van der Waals surface area contributed by atoms with E-state index >= 15 is 0 Å². The van der Waals surface area contributed by atoms with Gasteiger partial charge in [-0.05, 0) is 49.4 Å². The second-order valence-electron chi connectivity index (χ2n) is 6.27. The number of nitrogens with zero attached hydrogens (tertiary/aromatic N) is 1. The van der Waals surface area contributed by atoms with Gasteiger partial charge in [0.25, 0.3) is 5.91 Å². The van der Waals surface area contributed by atoms with E-state index in [1.807, 2.05) is 55.5 Å². The fourth-order valence-corrected chi connectivity index (χ4v) is 4.21. The largest absolute Gasteiger partial charge is 0.490 e. The molecule has 1 aliphatic heterocycles. The van der Waals surface area contributed by atoms with E-state index in [1.54, 1.807) is 11.0 Å². The van der Waals surface area contributed by atoms with Crippen molar-refractivity contribution < 1.29 is 14.3 Å². The van der Waals surface area contributed by atoms with Gasteiger partial charge in [-0.15, -0.1) is 6.58 Å². The van der Waals surface area contributed by atoms with Crippen LogP contribution >= 0.6 is 39.9 Å². The number of benzene rings is 2. The minimum absolute atomic E-state index is 0.106. The number of aryl methyl sites for hydroxylation is 1. The van der Waals surface area contributed by atoms with Crippen molar-refractivity contribution in [2.45, 2.75) is 6.92 Å². The van der Waals surface area contributed by atoms with Crippen molar-refractivity contribution in [1.29, 1.82) is 0 Å². The van der Waals surface area contributed by atoms with Crippen LogP contribution in [0.1, 0.15) is 11.1 Å². The van der Waals surface area contributed by atoms with E-state index in [0.717, 1.165) is 21.3 Å². The van der Waals surface area contributed by atoms with Crippen LogP contribution < -0.4 is 9.47 Å². The van der Waals surface area contributed by atoms with Crippen LogP contribution in [0.4, 0.5) is 0 Å². The average molecular weight is 490 g/mol. The summed E-state index contributed by atoms with van der Waals surface area (Å²) >= 11 is 10.00. The topological polar surface area (TPSA) is 38.8 Å². The van der Waals surface area contributed by atoms with E-state index in [1.165, 1.54) is 11.8 Å². The Morgan fingerprint density at radius 1 is 1.17 bits per heavy atom. The van der Waals surface area contributed by atoms with Crippen LogP contribution in [0.15, 0.2) is 64.5 Å². The average Bonchev–Trinajstić information content (AvgIpc) is 2.96. The number of carbonyl (C=O) groups excluding carboxylic acids is 1. The third-order valence-electron chi connectivity index (χ3n) is 4.06. The Hall–Kier alpha value is -2.09. The Bertz CT molecular complexity index is 957. The van der Waals surface area contributed by atoms with Crippen LogP contribution in [0.5, 0.6) is 11.5 Å². The van der Waals surface area contributed by atoms with E-state index < -0.39 is 0 Å².